The number of hydrogen-bond acceptors (Lipinski definition) is 18. The number of ether oxygens (including phenoxy) is 7. The molecule has 9 aliphatic carbocycles. The number of fused-ring (bicyclic) bond motifs is 2. The third-order valence-electron chi connectivity index (χ3n) is 22.3. The summed E-state index contributed by atoms with van der Waals surface area (Å²) < 4.78 is 67.4. The van der Waals surface area contributed by atoms with Gasteiger partial charge in [-0.25, -0.2) is 9.59 Å². The van der Waals surface area contributed by atoms with Crippen LogP contribution in [0.1, 0.15) is 239 Å². The molecule has 3 aliphatic heterocycles. The molecule has 0 amide bonds. The molecule has 12 aliphatic rings. The van der Waals surface area contributed by atoms with Gasteiger partial charge in [0.25, 0.3) is 10.1 Å². The fourth-order valence-corrected chi connectivity index (χ4v) is 17.0. The van der Waals surface area contributed by atoms with Crippen molar-refractivity contribution in [1.82, 2.24) is 0 Å². The van der Waals surface area contributed by atoms with Crippen molar-refractivity contribution in [3.8, 4) is 0 Å². The third kappa shape index (κ3) is 14.7. The van der Waals surface area contributed by atoms with E-state index in [4.69, 9.17) is 37.3 Å². The Morgan fingerprint density at radius 3 is 1.56 bits per heavy atom. The summed E-state index contributed by atoms with van der Waals surface area (Å²) in [6.45, 7) is 28.6. The van der Waals surface area contributed by atoms with Crippen LogP contribution in [0.3, 0.4) is 0 Å². The molecule has 3 heterocycles. The number of carbonyl (C=O) groups excluding carboxylic acids is 7. The van der Waals surface area contributed by atoms with Crippen molar-refractivity contribution in [2.45, 2.75) is 285 Å². The van der Waals surface area contributed by atoms with E-state index in [0.717, 1.165) is 83.5 Å². The first kappa shape index (κ1) is 67.7. The van der Waals surface area contributed by atoms with Crippen molar-refractivity contribution < 1.29 is 84.4 Å². The lowest BCUT2D eigenvalue weighted by molar-refractivity contribution is -0.225. The van der Waals surface area contributed by atoms with E-state index in [1.165, 1.54) is 19.3 Å². The topological polar surface area (TPSA) is 248 Å². The van der Waals surface area contributed by atoms with Gasteiger partial charge in [-0.05, 0) is 202 Å². The standard InChI is InChI=1S/C18H26O6.C16H26O3.C16H30O2.C15H22O7S/c1-4-18(2,3)17(21)22-9-14(19)24-15-11-5-10-6-12(8-11)16(20)23-13(15)7-10;1-4-14(2,3)13(17)19-16-8-11-5-12(9-16)7-15(18,6-11)10-16;1-7-14(3,4)13(17)18-16(11-9-10-12-16)15(5,6)8-2;1-4-15(2,3)14(17)20-7-11(16)21-12-8-5-9-10(6-8)23(18,19)22-13(9)12/h10-13,15H,4-9H2,1-3H3;11-12,18H,4-10H2,1-3H3;7-12H2,1-6H3;8-10,12-13H,4-7H2,1-3H3. The normalized spacial score (nSPS) is 34.3. The fourth-order valence-electron chi connectivity index (χ4n) is 15.2. The van der Waals surface area contributed by atoms with Crippen molar-refractivity contribution in [3.05, 3.63) is 0 Å². The SMILES string of the molecule is CCC(C)(C)C(=O)OC1(C(C)(C)CC)CCCC1.CCC(C)(C)C(=O)OC12CC3CC(CC(O)(C3)C1)C2.CCC(C)(C)C(=O)OCC(=O)OC1C2CC3C1OS(=O)(=O)C3C2.CCC(C)(C)C(=O)OCC(=O)OC1C2CC3CC(C2)C(=O)OC1C3. The Morgan fingerprint density at radius 2 is 1.06 bits per heavy atom. The first-order valence-corrected chi connectivity index (χ1v) is 33.4. The zero-order chi connectivity index (χ0) is 62.4. The maximum atomic E-state index is 12.4. The number of esters is 7. The van der Waals surface area contributed by atoms with Gasteiger partial charge in [0.2, 0.25) is 0 Å². The molecular weight excluding hydrogens is 1100 g/mol. The molecule has 0 aromatic heterocycles. The Bertz CT molecular complexity index is 2530. The molecule has 0 spiro atoms. The van der Waals surface area contributed by atoms with E-state index >= 15 is 0 Å². The van der Waals surface area contributed by atoms with Crippen LogP contribution in [0.15, 0.2) is 0 Å². The highest BCUT2D eigenvalue weighted by Gasteiger charge is 2.66. The Kier molecular flexibility index (Phi) is 20.4. The molecule has 12 fully saturated rings. The molecule has 3 saturated heterocycles. The summed E-state index contributed by atoms with van der Waals surface area (Å²) in [6.07, 6.45) is 16.6. The molecular formula is C65H104O18S. The summed E-state index contributed by atoms with van der Waals surface area (Å²) in [7, 11) is -3.53. The van der Waals surface area contributed by atoms with E-state index in [1.54, 1.807) is 27.7 Å². The van der Waals surface area contributed by atoms with Crippen molar-refractivity contribution in [2.75, 3.05) is 13.2 Å². The number of carbonyl (C=O) groups is 7. The Balaban J connectivity index is 0.000000162. The highest BCUT2D eigenvalue weighted by Crippen LogP contribution is 2.60. The van der Waals surface area contributed by atoms with Crippen molar-refractivity contribution in [3.63, 3.8) is 0 Å². The molecule has 478 valence electrons. The van der Waals surface area contributed by atoms with Crippen molar-refractivity contribution >= 4 is 51.9 Å². The first-order chi connectivity index (χ1) is 38.9. The van der Waals surface area contributed by atoms with Gasteiger partial charge in [-0.15, -0.1) is 0 Å². The minimum atomic E-state index is -3.53. The summed E-state index contributed by atoms with van der Waals surface area (Å²) in [6, 6.07) is 0. The molecule has 0 radical (unpaired) electrons. The molecule has 12 atom stereocenters. The van der Waals surface area contributed by atoms with E-state index in [0.29, 0.717) is 49.9 Å². The minimum Gasteiger partial charge on any atom is -0.459 e. The molecule has 0 aromatic carbocycles. The predicted molar refractivity (Wildman–Crippen MR) is 310 cm³/mol. The van der Waals surface area contributed by atoms with Crippen LogP contribution in [0, 0.1) is 68.5 Å². The van der Waals surface area contributed by atoms with Gasteiger partial charge in [0.05, 0.1) is 38.4 Å². The molecule has 10 bridgehead atoms. The predicted octanol–water partition coefficient (Wildman–Crippen LogP) is 11.0. The second kappa shape index (κ2) is 25.3. The summed E-state index contributed by atoms with van der Waals surface area (Å²) >= 11 is 0. The van der Waals surface area contributed by atoms with Gasteiger partial charge in [-0.3, -0.25) is 28.2 Å². The molecule has 1 N–H and O–H groups in total. The van der Waals surface area contributed by atoms with Crippen LogP contribution in [0.4, 0.5) is 0 Å². The zero-order valence-corrected chi connectivity index (χ0v) is 54.3. The quantitative estimate of drug-likeness (QED) is 0.0761. The smallest absolute Gasteiger partial charge is 0.344 e. The Labute approximate surface area is 501 Å². The van der Waals surface area contributed by atoms with Crippen LogP contribution in [-0.4, -0.2) is 115 Å². The first-order valence-electron chi connectivity index (χ1n) is 32.0. The average Bonchev–Trinajstić information content (AvgIpc) is 1.56. The maximum Gasteiger partial charge on any atom is 0.344 e. The molecule has 18 nitrogen and oxygen atoms in total. The van der Waals surface area contributed by atoms with E-state index in [1.807, 2.05) is 55.4 Å². The van der Waals surface area contributed by atoms with Crippen LogP contribution in [0.2, 0.25) is 0 Å². The van der Waals surface area contributed by atoms with E-state index in [-0.39, 0.29) is 76.3 Å². The molecule has 12 rings (SSSR count). The maximum absolute atomic E-state index is 12.4. The molecule has 19 heteroatoms. The highest BCUT2D eigenvalue weighted by atomic mass is 32.2. The Morgan fingerprint density at radius 1 is 0.571 bits per heavy atom. The van der Waals surface area contributed by atoms with Gasteiger partial charge in [0.15, 0.2) is 13.2 Å². The van der Waals surface area contributed by atoms with E-state index in [2.05, 4.69) is 20.8 Å². The van der Waals surface area contributed by atoms with Crippen LogP contribution >= 0.6 is 0 Å². The molecule has 9 saturated carbocycles. The lowest BCUT2D eigenvalue weighted by Crippen LogP contribution is -2.61. The van der Waals surface area contributed by atoms with Gasteiger partial charge in [-0.1, -0.05) is 48.5 Å². The van der Waals surface area contributed by atoms with E-state index in [9.17, 15) is 47.1 Å². The van der Waals surface area contributed by atoms with Crippen LogP contribution in [-0.2, 0) is 81.0 Å². The largest absolute Gasteiger partial charge is 0.459 e. The van der Waals surface area contributed by atoms with Crippen LogP contribution < -0.4 is 0 Å². The molecule has 0 aromatic rings. The second-order valence-corrected chi connectivity index (χ2v) is 32.1. The van der Waals surface area contributed by atoms with Crippen LogP contribution in [0.25, 0.3) is 0 Å². The molecule has 84 heavy (non-hydrogen) atoms. The summed E-state index contributed by atoms with van der Waals surface area (Å²) in [5.74, 6) is -0.678. The second-order valence-electron chi connectivity index (χ2n) is 30.3. The van der Waals surface area contributed by atoms with Gasteiger partial charge in [0, 0.05) is 29.6 Å². The summed E-state index contributed by atoms with van der Waals surface area (Å²) in [5.41, 5.74) is -3.11. The third-order valence-corrected chi connectivity index (χ3v) is 24.1. The number of aliphatic hydroxyl groups is 1. The lowest BCUT2D eigenvalue weighted by Gasteiger charge is -2.59. The minimum absolute atomic E-state index is 0.0130. The summed E-state index contributed by atoms with van der Waals surface area (Å²) in [5, 5.41) is 10.2. The van der Waals surface area contributed by atoms with Gasteiger partial charge in [-0.2, -0.15) is 8.42 Å². The molecule has 12 unspecified atom stereocenters. The fraction of sp³-hybridized carbons (Fsp3) is 0.892. The number of hydrogen-bond donors (Lipinski definition) is 1. The zero-order valence-electron chi connectivity index (χ0n) is 53.5. The van der Waals surface area contributed by atoms with Gasteiger partial charge < -0.3 is 38.3 Å². The van der Waals surface area contributed by atoms with Crippen molar-refractivity contribution in [1.29, 1.82) is 0 Å². The monoisotopic (exact) mass is 1200 g/mol. The Hall–Kier alpha value is -3.84. The highest BCUT2D eigenvalue weighted by molar-refractivity contribution is 7.87. The average molecular weight is 1210 g/mol. The van der Waals surface area contributed by atoms with Gasteiger partial charge >= 0.3 is 41.8 Å². The van der Waals surface area contributed by atoms with Crippen LogP contribution in [0.5, 0.6) is 0 Å². The van der Waals surface area contributed by atoms with Gasteiger partial charge in [0.1, 0.15) is 35.6 Å². The summed E-state index contributed by atoms with van der Waals surface area (Å²) in [4.78, 5) is 84.6. The lowest BCUT2D eigenvalue weighted by atomic mass is 9.52. The number of rotatable bonds is 18. The van der Waals surface area contributed by atoms with E-state index < -0.39 is 86.0 Å². The van der Waals surface area contributed by atoms with Crippen molar-refractivity contribution in [2.24, 2.45) is 68.5 Å².